The van der Waals surface area contributed by atoms with Crippen molar-refractivity contribution >= 4 is 17.5 Å². The quantitative estimate of drug-likeness (QED) is 0.606. The molecule has 0 radical (unpaired) electrons. The minimum absolute atomic E-state index is 0.215. The van der Waals surface area contributed by atoms with Crippen molar-refractivity contribution in [2.45, 2.75) is 0 Å². The van der Waals surface area contributed by atoms with Crippen LogP contribution >= 0.6 is 11.6 Å². The van der Waals surface area contributed by atoms with E-state index in [1.165, 1.54) is 12.1 Å². The van der Waals surface area contributed by atoms with E-state index in [1.807, 2.05) is 0 Å². The fourth-order valence-corrected chi connectivity index (χ4v) is 0.865. The number of hydrogen-bond donors (Lipinski definition) is 0. The molecule has 11 heavy (non-hydrogen) atoms. The highest BCUT2D eigenvalue weighted by molar-refractivity contribution is 6.30. The van der Waals surface area contributed by atoms with Gasteiger partial charge in [-0.25, -0.2) is 0 Å². The molecule has 1 aromatic carbocycles. The Balaban J connectivity index is 3.05. The molecule has 3 nitrogen and oxygen atoms in total. The maximum absolute atomic E-state index is 10.6. The highest BCUT2D eigenvalue weighted by Gasteiger charge is 2.03. The molecule has 0 aromatic heterocycles. The van der Waals surface area contributed by atoms with Crippen molar-refractivity contribution in [3.8, 4) is 0 Å². The van der Waals surface area contributed by atoms with Gasteiger partial charge in [0.1, 0.15) is 0 Å². The van der Waals surface area contributed by atoms with E-state index in [0.717, 1.165) is 0 Å². The van der Waals surface area contributed by atoms with Crippen LogP contribution in [0, 0.1) is 4.91 Å². The summed E-state index contributed by atoms with van der Waals surface area (Å²) in [5, 5.41) is 2.67. The topological polar surface area (TPSA) is 46.5 Å². The summed E-state index contributed by atoms with van der Waals surface area (Å²) in [4.78, 5) is 20.4. The normalized spacial score (nSPS) is 9.18. The fraction of sp³-hybridized carbons (Fsp3) is 0. The first-order valence-electron chi connectivity index (χ1n) is 2.87. The van der Waals surface area contributed by atoms with E-state index in [-0.39, 0.29) is 5.56 Å². The van der Waals surface area contributed by atoms with Gasteiger partial charge in [0.2, 0.25) is 0 Å². The summed E-state index contributed by atoms with van der Waals surface area (Å²) in [5.41, 5.74) is 0.215. The number of benzene rings is 1. The molecule has 0 bridgehead atoms. The molecular formula is C7H4ClNO2. The van der Waals surface area contributed by atoms with Gasteiger partial charge in [-0.2, -0.15) is 0 Å². The molecule has 0 aliphatic rings. The lowest BCUT2D eigenvalue weighted by molar-refractivity contribution is 0.100. The number of nitroso groups, excluding NO2 is 1. The summed E-state index contributed by atoms with van der Waals surface area (Å²) in [6.07, 6.45) is 0. The number of carbonyl (C=O) groups is 1. The Kier molecular flexibility index (Phi) is 2.33. The second-order valence-corrected chi connectivity index (χ2v) is 2.34. The van der Waals surface area contributed by atoms with Gasteiger partial charge in [0.05, 0.1) is 0 Å². The lowest BCUT2D eigenvalue weighted by Crippen LogP contribution is -1.91. The van der Waals surface area contributed by atoms with E-state index < -0.39 is 5.91 Å². The van der Waals surface area contributed by atoms with Crippen LogP contribution in [-0.4, -0.2) is 5.91 Å². The first-order chi connectivity index (χ1) is 5.24. The average Bonchev–Trinajstić information content (AvgIpc) is 2.03. The van der Waals surface area contributed by atoms with E-state index in [2.05, 4.69) is 5.18 Å². The zero-order chi connectivity index (χ0) is 8.27. The molecule has 0 unspecified atom stereocenters. The third kappa shape index (κ3) is 1.85. The Labute approximate surface area is 68.0 Å². The van der Waals surface area contributed by atoms with Crippen LogP contribution in [0.25, 0.3) is 0 Å². The van der Waals surface area contributed by atoms with Crippen molar-refractivity contribution in [1.29, 1.82) is 0 Å². The summed E-state index contributed by atoms with van der Waals surface area (Å²) < 4.78 is 0. The van der Waals surface area contributed by atoms with E-state index in [4.69, 9.17) is 11.6 Å². The predicted octanol–water partition coefficient (Wildman–Crippen LogP) is 2.25. The van der Waals surface area contributed by atoms with Crippen molar-refractivity contribution in [3.05, 3.63) is 39.8 Å². The van der Waals surface area contributed by atoms with Crippen LogP contribution in [0.2, 0.25) is 5.02 Å². The lowest BCUT2D eigenvalue weighted by Gasteiger charge is -1.91. The van der Waals surface area contributed by atoms with E-state index in [1.54, 1.807) is 12.1 Å². The third-order valence-electron chi connectivity index (χ3n) is 1.15. The van der Waals surface area contributed by atoms with Gasteiger partial charge >= 0.3 is 5.91 Å². The SMILES string of the molecule is O=NC(=O)c1cccc(Cl)c1. The molecule has 0 saturated carbocycles. The summed E-state index contributed by atoms with van der Waals surface area (Å²) in [5.74, 6) is -0.799. The molecule has 0 heterocycles. The van der Waals surface area contributed by atoms with Crippen LogP contribution in [0.15, 0.2) is 29.4 Å². The molecular weight excluding hydrogens is 166 g/mol. The Morgan fingerprint density at radius 3 is 2.73 bits per heavy atom. The second-order valence-electron chi connectivity index (χ2n) is 1.91. The molecule has 0 N–H and O–H groups in total. The molecule has 1 rings (SSSR count). The number of rotatable bonds is 1. The Bertz CT molecular complexity index is 298. The van der Waals surface area contributed by atoms with Crippen LogP contribution in [0.3, 0.4) is 0 Å². The molecule has 0 aliphatic heterocycles. The lowest BCUT2D eigenvalue weighted by atomic mass is 10.2. The molecule has 0 saturated heterocycles. The summed E-state index contributed by atoms with van der Waals surface area (Å²) in [7, 11) is 0. The minimum atomic E-state index is -0.799. The maximum Gasteiger partial charge on any atom is 0.316 e. The minimum Gasteiger partial charge on any atom is -0.263 e. The molecule has 4 heteroatoms. The zero-order valence-electron chi connectivity index (χ0n) is 5.45. The first-order valence-corrected chi connectivity index (χ1v) is 3.25. The fourth-order valence-electron chi connectivity index (χ4n) is 0.674. The van der Waals surface area contributed by atoms with Crippen LogP contribution in [0.4, 0.5) is 0 Å². The Morgan fingerprint density at radius 2 is 2.18 bits per heavy atom. The van der Waals surface area contributed by atoms with E-state index in [0.29, 0.717) is 5.02 Å². The van der Waals surface area contributed by atoms with Gasteiger partial charge in [-0.3, -0.25) is 4.79 Å². The van der Waals surface area contributed by atoms with Crippen LogP contribution < -0.4 is 0 Å². The van der Waals surface area contributed by atoms with Gasteiger partial charge in [0.25, 0.3) is 0 Å². The number of carbonyl (C=O) groups excluding carboxylic acids is 1. The molecule has 0 aliphatic carbocycles. The van der Waals surface area contributed by atoms with Gasteiger partial charge in [0, 0.05) is 15.8 Å². The van der Waals surface area contributed by atoms with Crippen LogP contribution in [-0.2, 0) is 0 Å². The van der Waals surface area contributed by atoms with Crippen molar-refractivity contribution in [3.63, 3.8) is 0 Å². The standard InChI is InChI=1S/C7H4ClNO2/c8-6-3-1-2-5(4-6)7(10)9-11/h1-4H. The van der Waals surface area contributed by atoms with Gasteiger partial charge in [0.15, 0.2) is 0 Å². The molecule has 56 valence electrons. The summed E-state index contributed by atoms with van der Waals surface area (Å²) in [6, 6.07) is 6.07. The van der Waals surface area contributed by atoms with Gasteiger partial charge < -0.3 is 0 Å². The van der Waals surface area contributed by atoms with Crippen molar-refractivity contribution in [2.24, 2.45) is 5.18 Å². The second kappa shape index (κ2) is 3.25. The average molecular weight is 170 g/mol. The highest BCUT2D eigenvalue weighted by Crippen LogP contribution is 2.10. The molecule has 0 fully saturated rings. The number of nitrogens with zero attached hydrogens (tertiary/aromatic N) is 1. The maximum atomic E-state index is 10.6. The van der Waals surface area contributed by atoms with Crippen molar-refractivity contribution < 1.29 is 4.79 Å². The number of hydrogen-bond acceptors (Lipinski definition) is 2. The molecule has 0 spiro atoms. The van der Waals surface area contributed by atoms with Crippen LogP contribution in [0.1, 0.15) is 10.4 Å². The summed E-state index contributed by atoms with van der Waals surface area (Å²) in [6.45, 7) is 0. The van der Waals surface area contributed by atoms with Crippen molar-refractivity contribution in [2.75, 3.05) is 0 Å². The molecule has 1 aromatic rings. The van der Waals surface area contributed by atoms with Crippen LogP contribution in [0.5, 0.6) is 0 Å². The van der Waals surface area contributed by atoms with Gasteiger partial charge in [-0.15, -0.1) is 4.91 Å². The monoisotopic (exact) mass is 169 g/mol. The molecule has 0 atom stereocenters. The van der Waals surface area contributed by atoms with Crippen molar-refractivity contribution in [1.82, 2.24) is 0 Å². The largest absolute Gasteiger partial charge is 0.316 e. The number of halogens is 1. The smallest absolute Gasteiger partial charge is 0.263 e. The Hall–Kier alpha value is -1.22. The predicted molar refractivity (Wildman–Crippen MR) is 41.6 cm³/mol. The van der Waals surface area contributed by atoms with Gasteiger partial charge in [-0.1, -0.05) is 17.7 Å². The summed E-state index contributed by atoms with van der Waals surface area (Å²) >= 11 is 5.55. The van der Waals surface area contributed by atoms with E-state index in [9.17, 15) is 9.70 Å². The van der Waals surface area contributed by atoms with E-state index >= 15 is 0 Å². The van der Waals surface area contributed by atoms with Gasteiger partial charge in [-0.05, 0) is 18.2 Å². The zero-order valence-corrected chi connectivity index (χ0v) is 6.21. The third-order valence-corrected chi connectivity index (χ3v) is 1.39. The highest BCUT2D eigenvalue weighted by atomic mass is 35.5. The molecule has 1 amide bonds. The number of amides is 1. The Morgan fingerprint density at radius 1 is 1.45 bits per heavy atom. The first kappa shape index (κ1) is 7.88.